The smallest absolute Gasteiger partial charge is 0.310 e. The van der Waals surface area contributed by atoms with Crippen LogP contribution in [0.3, 0.4) is 0 Å². The van der Waals surface area contributed by atoms with Gasteiger partial charge < -0.3 is 9.64 Å². The summed E-state index contributed by atoms with van der Waals surface area (Å²) in [7, 11) is 0. The first-order valence-corrected chi connectivity index (χ1v) is 7.50. The topological polar surface area (TPSA) is 49.9 Å². The fourth-order valence-corrected chi connectivity index (χ4v) is 2.53. The van der Waals surface area contributed by atoms with Gasteiger partial charge in [-0.2, -0.15) is 0 Å². The largest absolute Gasteiger partial charge is 0.466 e. The minimum absolute atomic E-state index is 0.0410. The summed E-state index contributed by atoms with van der Waals surface area (Å²) in [6.45, 7) is 12.3. The molecule has 0 aliphatic carbocycles. The quantitative estimate of drug-likeness (QED) is 0.502. The highest BCUT2D eigenvalue weighted by molar-refractivity contribution is 5.79. The fraction of sp³-hybridized carbons (Fsp3) is 0.625. The number of piperidine rings is 1. The Balaban J connectivity index is 2.52. The van der Waals surface area contributed by atoms with Crippen molar-refractivity contribution in [2.45, 2.75) is 19.8 Å². The lowest BCUT2D eigenvalue weighted by molar-refractivity contribution is -0.150. The molecule has 1 atom stereocenters. The van der Waals surface area contributed by atoms with Crippen LogP contribution in [0.2, 0.25) is 0 Å². The third-order valence-electron chi connectivity index (χ3n) is 3.54. The molecule has 1 aliphatic heterocycles. The molecule has 0 spiro atoms. The molecular weight excluding hydrogens is 268 g/mol. The molecule has 1 saturated heterocycles. The zero-order chi connectivity index (χ0) is 15.7. The van der Waals surface area contributed by atoms with Crippen molar-refractivity contribution in [1.29, 1.82) is 0 Å². The normalized spacial score (nSPS) is 18.8. The van der Waals surface area contributed by atoms with Crippen molar-refractivity contribution in [3.63, 3.8) is 0 Å². The molecule has 0 aromatic rings. The van der Waals surface area contributed by atoms with Gasteiger partial charge in [-0.15, -0.1) is 13.2 Å². The van der Waals surface area contributed by atoms with Crippen molar-refractivity contribution in [2.24, 2.45) is 5.92 Å². The number of rotatable bonds is 8. The molecule has 5 heteroatoms. The average Bonchev–Trinajstić information content (AvgIpc) is 2.47. The molecule has 0 radical (unpaired) electrons. The number of amides is 1. The monoisotopic (exact) mass is 294 g/mol. The van der Waals surface area contributed by atoms with Gasteiger partial charge >= 0.3 is 5.97 Å². The van der Waals surface area contributed by atoms with Crippen LogP contribution < -0.4 is 0 Å². The third kappa shape index (κ3) is 5.71. The number of esters is 1. The van der Waals surface area contributed by atoms with Crippen LogP contribution >= 0.6 is 0 Å². The van der Waals surface area contributed by atoms with E-state index >= 15 is 0 Å². The van der Waals surface area contributed by atoms with Crippen LogP contribution in [0.4, 0.5) is 0 Å². The van der Waals surface area contributed by atoms with Crippen molar-refractivity contribution in [3.8, 4) is 0 Å². The van der Waals surface area contributed by atoms with Crippen LogP contribution in [-0.4, -0.2) is 61.0 Å². The molecule has 1 aliphatic rings. The second-order valence-electron chi connectivity index (χ2n) is 5.20. The maximum Gasteiger partial charge on any atom is 0.310 e. The average molecular weight is 294 g/mol. The molecule has 1 rings (SSSR count). The minimum Gasteiger partial charge on any atom is -0.466 e. The lowest BCUT2D eigenvalue weighted by Crippen LogP contribution is -2.46. The number of ether oxygens (including phenoxy) is 1. The third-order valence-corrected chi connectivity index (χ3v) is 3.54. The van der Waals surface area contributed by atoms with E-state index in [1.807, 2.05) is 11.8 Å². The number of carbonyl (C=O) groups is 2. The van der Waals surface area contributed by atoms with Crippen LogP contribution in [0.15, 0.2) is 25.3 Å². The van der Waals surface area contributed by atoms with Crippen LogP contribution in [0.5, 0.6) is 0 Å². The van der Waals surface area contributed by atoms with Crippen LogP contribution in [0, 0.1) is 5.92 Å². The Bertz CT molecular complexity index is 372. The number of carbonyl (C=O) groups excluding carboxylic acids is 2. The minimum atomic E-state index is -0.149. The molecule has 0 aromatic carbocycles. The SMILES string of the molecule is C=CCN(CC=C)C(=O)CN1CCCC(C(=O)OCC)C1. The van der Waals surface area contributed by atoms with Crippen LogP contribution in [0.1, 0.15) is 19.8 Å². The molecule has 21 heavy (non-hydrogen) atoms. The van der Waals surface area contributed by atoms with Gasteiger partial charge in [0.05, 0.1) is 19.1 Å². The summed E-state index contributed by atoms with van der Waals surface area (Å²) < 4.78 is 5.07. The molecule has 1 fully saturated rings. The Morgan fingerprint density at radius 1 is 1.33 bits per heavy atom. The van der Waals surface area contributed by atoms with E-state index in [1.165, 1.54) is 0 Å². The fourth-order valence-electron chi connectivity index (χ4n) is 2.53. The molecule has 0 aromatic heterocycles. The van der Waals surface area contributed by atoms with Gasteiger partial charge in [0.1, 0.15) is 0 Å². The lowest BCUT2D eigenvalue weighted by Gasteiger charge is -2.32. The van der Waals surface area contributed by atoms with Gasteiger partial charge in [0.25, 0.3) is 0 Å². The molecule has 0 bridgehead atoms. The summed E-state index contributed by atoms with van der Waals surface area (Å²) >= 11 is 0. The Labute approximate surface area is 127 Å². The van der Waals surface area contributed by atoms with E-state index in [9.17, 15) is 9.59 Å². The van der Waals surface area contributed by atoms with E-state index < -0.39 is 0 Å². The van der Waals surface area contributed by atoms with Gasteiger partial charge in [0.15, 0.2) is 0 Å². The van der Waals surface area contributed by atoms with Gasteiger partial charge in [-0.1, -0.05) is 12.2 Å². The predicted molar refractivity (Wildman–Crippen MR) is 82.8 cm³/mol. The van der Waals surface area contributed by atoms with Gasteiger partial charge in [0.2, 0.25) is 5.91 Å². The maximum absolute atomic E-state index is 12.3. The van der Waals surface area contributed by atoms with E-state index in [4.69, 9.17) is 4.74 Å². The summed E-state index contributed by atoms with van der Waals surface area (Å²) in [4.78, 5) is 27.8. The summed E-state index contributed by atoms with van der Waals surface area (Å²) in [5.41, 5.74) is 0. The summed E-state index contributed by atoms with van der Waals surface area (Å²) in [6.07, 6.45) is 5.17. The second-order valence-corrected chi connectivity index (χ2v) is 5.20. The molecule has 1 unspecified atom stereocenters. The summed E-state index contributed by atoms with van der Waals surface area (Å²) in [5.74, 6) is -0.221. The van der Waals surface area contributed by atoms with E-state index in [-0.39, 0.29) is 17.8 Å². The molecule has 0 N–H and O–H groups in total. The first-order valence-electron chi connectivity index (χ1n) is 7.50. The zero-order valence-corrected chi connectivity index (χ0v) is 12.9. The molecular formula is C16H26N2O3. The van der Waals surface area contributed by atoms with E-state index in [0.717, 1.165) is 19.4 Å². The lowest BCUT2D eigenvalue weighted by atomic mass is 9.98. The van der Waals surface area contributed by atoms with Gasteiger partial charge in [-0.25, -0.2) is 0 Å². The van der Waals surface area contributed by atoms with Crippen molar-refractivity contribution in [2.75, 3.05) is 39.3 Å². The first kappa shape index (κ1) is 17.4. The van der Waals surface area contributed by atoms with E-state index in [2.05, 4.69) is 13.2 Å². The Kier molecular flexibility index (Phi) is 7.75. The van der Waals surface area contributed by atoms with Crippen molar-refractivity contribution < 1.29 is 14.3 Å². The number of hydrogen-bond donors (Lipinski definition) is 0. The van der Waals surface area contributed by atoms with Crippen LogP contribution in [-0.2, 0) is 14.3 Å². The molecule has 1 amide bonds. The number of hydrogen-bond acceptors (Lipinski definition) is 4. The standard InChI is InChI=1S/C16H26N2O3/c1-4-9-18(10-5-2)15(19)13-17-11-7-8-14(12-17)16(20)21-6-3/h4-5,14H,1-2,6-13H2,3H3. The van der Waals surface area contributed by atoms with Gasteiger partial charge in [-0.05, 0) is 26.3 Å². The van der Waals surface area contributed by atoms with E-state index in [1.54, 1.807) is 17.1 Å². The Morgan fingerprint density at radius 2 is 2.00 bits per heavy atom. The molecule has 5 nitrogen and oxygen atoms in total. The Morgan fingerprint density at radius 3 is 2.57 bits per heavy atom. The highest BCUT2D eigenvalue weighted by Crippen LogP contribution is 2.17. The predicted octanol–water partition coefficient (Wildman–Crippen LogP) is 1.46. The molecule has 1 heterocycles. The first-order chi connectivity index (χ1) is 10.1. The molecule has 118 valence electrons. The highest BCUT2D eigenvalue weighted by atomic mass is 16.5. The highest BCUT2D eigenvalue weighted by Gasteiger charge is 2.28. The van der Waals surface area contributed by atoms with E-state index in [0.29, 0.717) is 32.8 Å². The summed E-state index contributed by atoms with van der Waals surface area (Å²) in [5, 5.41) is 0. The van der Waals surface area contributed by atoms with Gasteiger partial charge in [-0.3, -0.25) is 14.5 Å². The van der Waals surface area contributed by atoms with Crippen molar-refractivity contribution >= 4 is 11.9 Å². The summed E-state index contributed by atoms with van der Waals surface area (Å²) in [6, 6.07) is 0. The van der Waals surface area contributed by atoms with Crippen LogP contribution in [0.25, 0.3) is 0 Å². The Hall–Kier alpha value is -1.62. The van der Waals surface area contributed by atoms with Crippen molar-refractivity contribution in [1.82, 2.24) is 9.80 Å². The number of likely N-dealkylation sites (tertiary alicyclic amines) is 1. The van der Waals surface area contributed by atoms with Crippen molar-refractivity contribution in [3.05, 3.63) is 25.3 Å². The van der Waals surface area contributed by atoms with Gasteiger partial charge in [0, 0.05) is 19.6 Å². The maximum atomic E-state index is 12.3. The molecule has 0 saturated carbocycles. The number of nitrogens with zero attached hydrogens (tertiary/aromatic N) is 2. The zero-order valence-electron chi connectivity index (χ0n) is 12.9. The second kappa shape index (κ2) is 9.34.